The molecule has 4 rings (SSSR count). The van der Waals surface area contributed by atoms with Gasteiger partial charge in [0.2, 0.25) is 0 Å². The Labute approximate surface area is 204 Å². The highest BCUT2D eigenvalue weighted by Gasteiger charge is 2.21. The lowest BCUT2D eigenvalue weighted by atomic mass is 9.82. The summed E-state index contributed by atoms with van der Waals surface area (Å²) in [6.07, 6.45) is 8.88. The monoisotopic (exact) mass is 450 g/mol. The van der Waals surface area contributed by atoms with E-state index in [4.69, 9.17) is 0 Å². The van der Waals surface area contributed by atoms with E-state index in [-0.39, 0.29) is 10.8 Å². The van der Waals surface area contributed by atoms with Gasteiger partial charge in [-0.3, -0.25) is 4.79 Å². The Morgan fingerprint density at radius 2 is 1.50 bits per heavy atom. The lowest BCUT2D eigenvalue weighted by Gasteiger charge is -2.21. The first-order valence-corrected chi connectivity index (χ1v) is 11.7. The zero-order chi connectivity index (χ0) is 24.8. The predicted octanol–water partition coefficient (Wildman–Crippen LogP) is 8.01. The van der Waals surface area contributed by atoms with Gasteiger partial charge in [0.1, 0.15) is 12.6 Å². The summed E-state index contributed by atoms with van der Waals surface area (Å²) in [4.78, 5) is 21.7. The van der Waals surface area contributed by atoms with E-state index in [1.807, 2.05) is 43.3 Å². The fourth-order valence-corrected chi connectivity index (χ4v) is 3.83. The summed E-state index contributed by atoms with van der Waals surface area (Å²) in [6, 6.07) is 24.6. The van der Waals surface area contributed by atoms with Gasteiger partial charge in [-0.15, -0.1) is 0 Å². The van der Waals surface area contributed by atoms with E-state index in [2.05, 4.69) is 82.3 Å². The molecule has 0 heterocycles. The maximum Gasteiger partial charge on any atom is 0.150 e. The van der Waals surface area contributed by atoms with Crippen molar-refractivity contribution in [3.63, 3.8) is 0 Å². The summed E-state index contributed by atoms with van der Waals surface area (Å²) in [5, 5.41) is 0. The van der Waals surface area contributed by atoms with E-state index >= 15 is 0 Å². The highest BCUT2D eigenvalue weighted by atomic mass is 16.1. The van der Waals surface area contributed by atoms with Crippen LogP contribution in [-0.2, 0) is 10.2 Å². The van der Waals surface area contributed by atoms with Crippen molar-refractivity contribution >= 4 is 18.1 Å². The first kappa shape index (κ1) is 25.1. The Kier molecular flexibility index (Phi) is 7.83. The molecule has 0 saturated carbocycles. The molecule has 3 aromatic carbocycles. The number of hydrogen-bond donors (Lipinski definition) is 0. The van der Waals surface area contributed by atoms with Crippen LogP contribution in [0, 0.1) is 12.3 Å². The van der Waals surface area contributed by atoms with Crippen molar-refractivity contribution in [3.05, 3.63) is 113 Å². The maximum atomic E-state index is 10.9. The second kappa shape index (κ2) is 10.6. The molecule has 2 heteroatoms. The number of aldehydes is 2. The van der Waals surface area contributed by atoms with Crippen LogP contribution < -0.4 is 0 Å². The molecule has 34 heavy (non-hydrogen) atoms. The van der Waals surface area contributed by atoms with E-state index < -0.39 is 0 Å². The van der Waals surface area contributed by atoms with Crippen LogP contribution >= 0.6 is 0 Å². The predicted molar refractivity (Wildman–Crippen MR) is 143 cm³/mol. The van der Waals surface area contributed by atoms with E-state index in [1.165, 1.54) is 22.3 Å². The molecule has 1 aliphatic rings. The van der Waals surface area contributed by atoms with Crippen molar-refractivity contribution in [2.45, 2.75) is 46.5 Å². The highest BCUT2D eigenvalue weighted by Crippen LogP contribution is 2.31. The Bertz CT molecular complexity index is 1210. The van der Waals surface area contributed by atoms with Crippen LogP contribution in [-0.4, -0.2) is 12.6 Å². The van der Waals surface area contributed by atoms with Gasteiger partial charge < -0.3 is 4.79 Å². The summed E-state index contributed by atoms with van der Waals surface area (Å²) >= 11 is 0. The Morgan fingerprint density at radius 1 is 0.824 bits per heavy atom. The number of allylic oxidation sites excluding steroid dienone is 4. The third kappa shape index (κ3) is 6.51. The van der Waals surface area contributed by atoms with Crippen LogP contribution in [0.1, 0.15) is 61.2 Å². The Morgan fingerprint density at radius 3 is 2.06 bits per heavy atom. The van der Waals surface area contributed by atoms with Crippen molar-refractivity contribution in [2.24, 2.45) is 5.41 Å². The first-order chi connectivity index (χ1) is 16.1. The number of rotatable bonds is 4. The molecule has 0 amide bonds. The van der Waals surface area contributed by atoms with Crippen molar-refractivity contribution in [3.8, 4) is 11.1 Å². The van der Waals surface area contributed by atoms with Crippen LogP contribution in [0.4, 0.5) is 0 Å². The molecule has 174 valence electrons. The topological polar surface area (TPSA) is 34.1 Å². The van der Waals surface area contributed by atoms with Crippen molar-refractivity contribution in [2.75, 3.05) is 0 Å². The third-order valence-electron chi connectivity index (χ3n) is 6.13. The van der Waals surface area contributed by atoms with Gasteiger partial charge in [0.25, 0.3) is 0 Å². The highest BCUT2D eigenvalue weighted by molar-refractivity contribution is 5.79. The van der Waals surface area contributed by atoms with Gasteiger partial charge in [0.15, 0.2) is 0 Å². The molecule has 0 fully saturated rings. The molecule has 1 aliphatic carbocycles. The zero-order valence-corrected chi connectivity index (χ0v) is 20.8. The fraction of sp³-hybridized carbons (Fsp3) is 0.250. The van der Waals surface area contributed by atoms with Crippen molar-refractivity contribution < 1.29 is 9.59 Å². The molecule has 0 aromatic heterocycles. The second-order valence-corrected chi connectivity index (χ2v) is 10.3. The van der Waals surface area contributed by atoms with Crippen LogP contribution in [0.25, 0.3) is 16.7 Å². The molecule has 3 aromatic rings. The summed E-state index contributed by atoms with van der Waals surface area (Å²) in [5.74, 6) is 0. The van der Waals surface area contributed by atoms with E-state index in [1.54, 1.807) is 0 Å². The van der Waals surface area contributed by atoms with Crippen molar-refractivity contribution in [1.29, 1.82) is 0 Å². The molecular weight excluding hydrogens is 416 g/mol. The molecule has 0 bridgehead atoms. The van der Waals surface area contributed by atoms with Gasteiger partial charge in [0.05, 0.1) is 0 Å². The molecule has 1 atom stereocenters. The van der Waals surface area contributed by atoms with Crippen LogP contribution in [0.2, 0.25) is 0 Å². The SMILES string of the molecule is CC(C)(C)c1ccc(-c2cccc(C=O)c2)cc1.Cc1cccc(C2=CCC(C)(C=O)C=C2)c1. The van der Waals surface area contributed by atoms with E-state index in [9.17, 15) is 9.59 Å². The summed E-state index contributed by atoms with van der Waals surface area (Å²) in [6.45, 7) is 10.7. The third-order valence-corrected chi connectivity index (χ3v) is 6.13. The van der Waals surface area contributed by atoms with Crippen LogP contribution in [0.3, 0.4) is 0 Å². The zero-order valence-electron chi connectivity index (χ0n) is 20.8. The minimum absolute atomic E-state index is 0.170. The first-order valence-electron chi connectivity index (χ1n) is 11.7. The summed E-state index contributed by atoms with van der Waals surface area (Å²) in [5.41, 5.74) is 7.82. The van der Waals surface area contributed by atoms with Gasteiger partial charge in [-0.05, 0) is 59.6 Å². The van der Waals surface area contributed by atoms with E-state index in [0.717, 1.165) is 30.1 Å². The number of benzene rings is 3. The minimum atomic E-state index is -0.312. The van der Waals surface area contributed by atoms with Gasteiger partial charge in [-0.2, -0.15) is 0 Å². The smallest absolute Gasteiger partial charge is 0.150 e. The quantitative estimate of drug-likeness (QED) is 0.377. The number of hydrogen-bond acceptors (Lipinski definition) is 2. The molecule has 0 aliphatic heterocycles. The molecule has 0 radical (unpaired) electrons. The van der Waals surface area contributed by atoms with Crippen LogP contribution in [0.15, 0.2) is 91.0 Å². The van der Waals surface area contributed by atoms with Crippen LogP contribution in [0.5, 0.6) is 0 Å². The van der Waals surface area contributed by atoms with E-state index in [0.29, 0.717) is 5.56 Å². The molecule has 0 saturated heterocycles. The molecule has 0 spiro atoms. The average molecular weight is 451 g/mol. The summed E-state index contributed by atoms with van der Waals surface area (Å²) in [7, 11) is 0. The van der Waals surface area contributed by atoms with Gasteiger partial charge in [0, 0.05) is 11.0 Å². The molecule has 2 nitrogen and oxygen atoms in total. The van der Waals surface area contributed by atoms with Gasteiger partial charge >= 0.3 is 0 Å². The van der Waals surface area contributed by atoms with Gasteiger partial charge in [-0.1, -0.05) is 111 Å². The normalized spacial score (nSPS) is 17.3. The summed E-state index contributed by atoms with van der Waals surface area (Å²) < 4.78 is 0. The largest absolute Gasteiger partial charge is 0.302 e. The Balaban J connectivity index is 0.000000192. The molecular formula is C32H34O2. The second-order valence-electron chi connectivity index (χ2n) is 10.3. The van der Waals surface area contributed by atoms with Crippen molar-refractivity contribution in [1.82, 2.24) is 0 Å². The minimum Gasteiger partial charge on any atom is -0.302 e. The Hall–Kier alpha value is -3.52. The molecule has 1 unspecified atom stereocenters. The number of carbonyl (C=O) groups excluding carboxylic acids is 2. The van der Waals surface area contributed by atoms with Gasteiger partial charge in [-0.25, -0.2) is 0 Å². The lowest BCUT2D eigenvalue weighted by Crippen LogP contribution is -2.15. The maximum absolute atomic E-state index is 10.9. The average Bonchev–Trinajstić information content (AvgIpc) is 2.84. The fourth-order valence-electron chi connectivity index (χ4n) is 3.83. The lowest BCUT2D eigenvalue weighted by molar-refractivity contribution is -0.113. The number of carbonyl (C=O) groups is 2. The standard InChI is InChI=1S/C17H18O.C15H16O/c1-17(2,3)16-9-7-14(8-10-16)15-6-4-5-13(11-15)12-18;1-12-4-3-5-14(10-12)13-6-8-15(2,11-16)9-7-13/h4-12H,1-3H3;3-8,10-11H,9H2,1-2H3. The molecule has 0 N–H and O–H groups in total. The number of aryl methyl sites for hydroxylation is 1.